The molecule has 1 unspecified atom stereocenters. The lowest BCUT2D eigenvalue weighted by atomic mass is 9.92. The van der Waals surface area contributed by atoms with Gasteiger partial charge in [0.2, 0.25) is 0 Å². The Hall–Kier alpha value is -3.26. The van der Waals surface area contributed by atoms with Gasteiger partial charge in [-0.25, -0.2) is 4.98 Å². The number of aromatic amines is 1. The Morgan fingerprint density at radius 2 is 2.04 bits per heavy atom. The molecule has 0 saturated carbocycles. The molecule has 1 heterocycles. The number of fused-ring (bicyclic) bond motifs is 1. The Labute approximate surface area is 148 Å². The summed E-state index contributed by atoms with van der Waals surface area (Å²) in [6.07, 6.45) is 1.59. The van der Waals surface area contributed by atoms with Gasteiger partial charge in [0.15, 0.2) is 0 Å². The summed E-state index contributed by atoms with van der Waals surface area (Å²) in [6, 6.07) is 11.9. The van der Waals surface area contributed by atoms with E-state index >= 15 is 0 Å². The van der Waals surface area contributed by atoms with Gasteiger partial charge in [0.1, 0.15) is 5.69 Å². The fourth-order valence-electron chi connectivity index (χ4n) is 2.78. The number of anilines is 1. The first-order valence-electron chi connectivity index (χ1n) is 8.06. The van der Waals surface area contributed by atoms with Crippen LogP contribution < -0.4 is 10.9 Å². The molecule has 0 spiro atoms. The highest BCUT2D eigenvalue weighted by molar-refractivity contribution is 5.86. The van der Waals surface area contributed by atoms with Crippen LogP contribution in [-0.4, -0.2) is 26.5 Å². The molecule has 0 aliphatic carbocycles. The maximum atomic E-state index is 11.8. The van der Waals surface area contributed by atoms with Crippen molar-refractivity contribution < 1.29 is 10.0 Å². The summed E-state index contributed by atoms with van der Waals surface area (Å²) in [5.41, 5.74) is -0.342. The maximum Gasteiger partial charge on any atom is 0.293 e. The molecule has 134 valence electrons. The monoisotopic (exact) mass is 354 g/mol. The van der Waals surface area contributed by atoms with Crippen LogP contribution in [0.3, 0.4) is 0 Å². The lowest BCUT2D eigenvalue weighted by Gasteiger charge is -2.24. The Kier molecular flexibility index (Phi) is 4.68. The van der Waals surface area contributed by atoms with Gasteiger partial charge in [-0.1, -0.05) is 30.3 Å². The van der Waals surface area contributed by atoms with Crippen LogP contribution in [0.25, 0.3) is 10.9 Å². The first-order valence-corrected chi connectivity index (χ1v) is 8.06. The second kappa shape index (κ2) is 6.93. The predicted octanol–water partition coefficient (Wildman–Crippen LogP) is 2.54. The Morgan fingerprint density at radius 3 is 2.73 bits per heavy atom. The number of H-pyrrole nitrogens is 1. The number of rotatable bonds is 6. The average Bonchev–Trinajstić information content (AvgIpc) is 2.62. The van der Waals surface area contributed by atoms with Gasteiger partial charge in [-0.2, -0.15) is 0 Å². The SMILES string of the molecule is CC(O)(CCNc1cc2nc[nH]c(=O)c2cc1[N+](=O)[O-])c1ccccc1. The van der Waals surface area contributed by atoms with E-state index in [1.807, 2.05) is 30.3 Å². The van der Waals surface area contributed by atoms with Crippen molar-refractivity contribution in [2.75, 3.05) is 11.9 Å². The standard InChI is InChI=1S/C18H18N4O4/c1-18(24,12-5-3-2-4-6-12)7-8-19-15-10-14-13(9-16(15)22(25)26)17(23)21-11-20-14/h2-6,9-11,19,24H,7-8H2,1H3,(H,20,21,23). The van der Waals surface area contributed by atoms with E-state index in [-0.39, 0.29) is 16.8 Å². The topological polar surface area (TPSA) is 121 Å². The van der Waals surface area contributed by atoms with E-state index in [2.05, 4.69) is 15.3 Å². The molecule has 8 nitrogen and oxygen atoms in total. The second-order valence-electron chi connectivity index (χ2n) is 6.19. The smallest absolute Gasteiger partial charge is 0.293 e. The molecule has 0 aliphatic heterocycles. The number of nitro groups is 1. The molecule has 0 amide bonds. The van der Waals surface area contributed by atoms with Crippen molar-refractivity contribution in [1.82, 2.24) is 9.97 Å². The molecule has 8 heteroatoms. The third kappa shape index (κ3) is 3.55. The van der Waals surface area contributed by atoms with Gasteiger partial charge in [-0.3, -0.25) is 14.9 Å². The molecule has 1 aromatic heterocycles. The van der Waals surface area contributed by atoms with E-state index in [9.17, 15) is 20.0 Å². The molecule has 0 bridgehead atoms. The van der Waals surface area contributed by atoms with Crippen LogP contribution in [0.1, 0.15) is 18.9 Å². The Morgan fingerprint density at radius 1 is 1.31 bits per heavy atom. The number of aliphatic hydroxyl groups is 1. The lowest BCUT2D eigenvalue weighted by molar-refractivity contribution is -0.383. The van der Waals surface area contributed by atoms with Crippen molar-refractivity contribution in [2.45, 2.75) is 18.9 Å². The second-order valence-corrected chi connectivity index (χ2v) is 6.19. The number of hydrogen-bond acceptors (Lipinski definition) is 6. The van der Waals surface area contributed by atoms with Crippen molar-refractivity contribution in [2.24, 2.45) is 0 Å². The molecule has 26 heavy (non-hydrogen) atoms. The maximum absolute atomic E-state index is 11.8. The minimum Gasteiger partial charge on any atom is -0.385 e. The summed E-state index contributed by atoms with van der Waals surface area (Å²) in [6.45, 7) is 2.00. The van der Waals surface area contributed by atoms with Crippen molar-refractivity contribution in [1.29, 1.82) is 0 Å². The fraction of sp³-hybridized carbons (Fsp3) is 0.222. The molecular weight excluding hydrogens is 336 g/mol. The predicted molar refractivity (Wildman–Crippen MR) is 98.1 cm³/mol. The molecule has 0 radical (unpaired) electrons. The molecule has 1 atom stereocenters. The van der Waals surface area contributed by atoms with Crippen LogP contribution >= 0.6 is 0 Å². The minimum absolute atomic E-state index is 0.154. The first kappa shape index (κ1) is 17.6. The molecular formula is C18H18N4O4. The summed E-state index contributed by atoms with van der Waals surface area (Å²) in [5, 5.41) is 25.1. The van der Waals surface area contributed by atoms with E-state index < -0.39 is 16.1 Å². The number of nitrogens with zero attached hydrogens (tertiary/aromatic N) is 2. The van der Waals surface area contributed by atoms with Gasteiger partial charge in [0, 0.05) is 12.6 Å². The van der Waals surface area contributed by atoms with Gasteiger partial charge < -0.3 is 15.4 Å². The number of benzene rings is 2. The fourth-order valence-corrected chi connectivity index (χ4v) is 2.78. The molecule has 0 aliphatic rings. The lowest BCUT2D eigenvalue weighted by Crippen LogP contribution is -2.24. The van der Waals surface area contributed by atoms with Crippen LogP contribution in [0.5, 0.6) is 0 Å². The van der Waals surface area contributed by atoms with E-state index in [4.69, 9.17) is 0 Å². The number of hydrogen-bond donors (Lipinski definition) is 3. The summed E-state index contributed by atoms with van der Waals surface area (Å²) < 4.78 is 0. The normalized spacial score (nSPS) is 13.3. The van der Waals surface area contributed by atoms with E-state index in [1.165, 1.54) is 18.5 Å². The third-order valence-corrected chi connectivity index (χ3v) is 4.28. The highest BCUT2D eigenvalue weighted by atomic mass is 16.6. The largest absolute Gasteiger partial charge is 0.385 e. The highest BCUT2D eigenvalue weighted by Crippen LogP contribution is 2.29. The summed E-state index contributed by atoms with van der Waals surface area (Å²) in [5.74, 6) is 0. The zero-order valence-electron chi connectivity index (χ0n) is 14.1. The Balaban J connectivity index is 1.83. The number of aromatic nitrogens is 2. The quantitative estimate of drug-likeness (QED) is 0.462. The van der Waals surface area contributed by atoms with E-state index in [0.717, 1.165) is 5.56 Å². The molecule has 3 rings (SSSR count). The van der Waals surface area contributed by atoms with Crippen molar-refractivity contribution in [3.05, 3.63) is 74.8 Å². The highest BCUT2D eigenvalue weighted by Gasteiger charge is 2.23. The molecule has 2 aromatic carbocycles. The summed E-state index contributed by atoms with van der Waals surface area (Å²) >= 11 is 0. The number of nitrogens with one attached hydrogen (secondary N) is 2. The van der Waals surface area contributed by atoms with Crippen LogP contribution in [-0.2, 0) is 5.60 Å². The van der Waals surface area contributed by atoms with Gasteiger partial charge in [-0.15, -0.1) is 0 Å². The summed E-state index contributed by atoms with van der Waals surface area (Å²) in [4.78, 5) is 29.0. The van der Waals surface area contributed by atoms with Gasteiger partial charge in [0.25, 0.3) is 11.2 Å². The van der Waals surface area contributed by atoms with Gasteiger partial charge in [-0.05, 0) is 25.0 Å². The van der Waals surface area contributed by atoms with Crippen molar-refractivity contribution in [3.63, 3.8) is 0 Å². The Bertz CT molecular complexity index is 999. The molecule has 0 saturated heterocycles. The molecule has 3 aromatic rings. The zero-order valence-corrected chi connectivity index (χ0v) is 14.1. The zero-order chi connectivity index (χ0) is 18.7. The van der Waals surface area contributed by atoms with Crippen LogP contribution in [0, 0.1) is 10.1 Å². The van der Waals surface area contributed by atoms with Gasteiger partial charge >= 0.3 is 0 Å². The summed E-state index contributed by atoms with van der Waals surface area (Å²) in [7, 11) is 0. The minimum atomic E-state index is -1.07. The molecule has 0 fully saturated rings. The average molecular weight is 354 g/mol. The molecule has 3 N–H and O–H groups in total. The van der Waals surface area contributed by atoms with E-state index in [0.29, 0.717) is 18.5 Å². The van der Waals surface area contributed by atoms with E-state index in [1.54, 1.807) is 6.92 Å². The van der Waals surface area contributed by atoms with Crippen molar-refractivity contribution in [3.8, 4) is 0 Å². The van der Waals surface area contributed by atoms with Crippen LogP contribution in [0.4, 0.5) is 11.4 Å². The number of nitro benzene ring substituents is 1. The van der Waals surface area contributed by atoms with Crippen molar-refractivity contribution >= 4 is 22.3 Å². The third-order valence-electron chi connectivity index (χ3n) is 4.28. The van der Waals surface area contributed by atoms with Crippen LogP contribution in [0.15, 0.2) is 53.6 Å². The first-order chi connectivity index (χ1) is 12.4. The van der Waals surface area contributed by atoms with Gasteiger partial charge in [0.05, 0.1) is 27.8 Å². The van der Waals surface area contributed by atoms with Crippen LogP contribution in [0.2, 0.25) is 0 Å².